The third kappa shape index (κ3) is 4.06. The van der Waals surface area contributed by atoms with E-state index < -0.39 is 0 Å². The maximum atomic E-state index is 12.1. The van der Waals surface area contributed by atoms with Gasteiger partial charge in [0.2, 0.25) is 0 Å². The second-order valence-corrected chi connectivity index (χ2v) is 8.63. The molecule has 1 heterocycles. The number of hydrogen-bond donors (Lipinski definition) is 0. The normalized spacial score (nSPS) is 18.1. The summed E-state index contributed by atoms with van der Waals surface area (Å²) >= 11 is 3.51. The number of esters is 1. The van der Waals surface area contributed by atoms with Gasteiger partial charge in [-0.05, 0) is 74.1 Å². The minimum Gasteiger partial charge on any atom is -0.497 e. The summed E-state index contributed by atoms with van der Waals surface area (Å²) in [4.78, 5) is 12.1. The van der Waals surface area contributed by atoms with Crippen LogP contribution in [0, 0.1) is 18.8 Å². The highest BCUT2D eigenvalue weighted by Crippen LogP contribution is 2.44. The standard InChI is InChI=1S/C24H26BrNO3/c1-4-29-24(27)21-12-17(21)11-20-15(2)26(14-16-5-7-18(25)8-6-16)23-10-9-19(28-3)13-22(20)23/h5-10,13,17,21H,4,11-12,14H2,1-3H3/t17-,21-/m1/s1. The Morgan fingerprint density at radius 2 is 1.97 bits per heavy atom. The molecule has 0 spiro atoms. The number of nitrogens with zero attached hydrogens (tertiary/aromatic N) is 1. The fourth-order valence-corrected chi connectivity index (χ4v) is 4.43. The molecule has 4 nitrogen and oxygen atoms in total. The lowest BCUT2D eigenvalue weighted by Gasteiger charge is -2.10. The van der Waals surface area contributed by atoms with E-state index in [4.69, 9.17) is 9.47 Å². The Labute approximate surface area is 179 Å². The van der Waals surface area contributed by atoms with E-state index in [0.717, 1.165) is 29.6 Å². The molecule has 0 saturated heterocycles. The molecule has 0 bridgehead atoms. The number of fused-ring (bicyclic) bond motifs is 1. The monoisotopic (exact) mass is 455 g/mol. The molecule has 3 aromatic rings. The number of carbonyl (C=O) groups excluding carboxylic acids is 1. The summed E-state index contributed by atoms with van der Waals surface area (Å²) in [5.41, 5.74) is 5.03. The van der Waals surface area contributed by atoms with Crippen molar-refractivity contribution in [3.05, 3.63) is 63.8 Å². The van der Waals surface area contributed by atoms with Crippen molar-refractivity contribution in [3.8, 4) is 5.75 Å². The predicted octanol–water partition coefficient (Wildman–Crippen LogP) is 5.51. The number of ether oxygens (including phenoxy) is 2. The largest absolute Gasteiger partial charge is 0.497 e. The Morgan fingerprint density at radius 1 is 1.21 bits per heavy atom. The van der Waals surface area contributed by atoms with Crippen LogP contribution in [-0.4, -0.2) is 24.3 Å². The zero-order valence-electron chi connectivity index (χ0n) is 17.1. The molecule has 0 N–H and O–H groups in total. The maximum Gasteiger partial charge on any atom is 0.309 e. The first-order chi connectivity index (χ1) is 14.0. The van der Waals surface area contributed by atoms with Gasteiger partial charge in [-0.2, -0.15) is 0 Å². The van der Waals surface area contributed by atoms with E-state index >= 15 is 0 Å². The molecule has 1 aliphatic carbocycles. The summed E-state index contributed by atoms with van der Waals surface area (Å²) in [5.74, 6) is 1.22. The Bertz CT molecular complexity index is 1040. The number of halogens is 1. The minimum atomic E-state index is -0.0497. The Hall–Kier alpha value is -2.27. The van der Waals surface area contributed by atoms with Crippen LogP contribution in [0.1, 0.15) is 30.2 Å². The summed E-state index contributed by atoms with van der Waals surface area (Å²) < 4.78 is 14.1. The van der Waals surface area contributed by atoms with Crippen LogP contribution in [0.5, 0.6) is 5.75 Å². The molecular weight excluding hydrogens is 430 g/mol. The van der Waals surface area contributed by atoms with E-state index in [1.807, 2.05) is 13.0 Å². The van der Waals surface area contributed by atoms with Crippen molar-refractivity contribution >= 4 is 32.8 Å². The van der Waals surface area contributed by atoms with Gasteiger partial charge in [-0.15, -0.1) is 0 Å². The van der Waals surface area contributed by atoms with Gasteiger partial charge in [-0.25, -0.2) is 0 Å². The van der Waals surface area contributed by atoms with Gasteiger partial charge in [0.1, 0.15) is 5.75 Å². The molecule has 29 heavy (non-hydrogen) atoms. The predicted molar refractivity (Wildman–Crippen MR) is 118 cm³/mol. The number of benzene rings is 2. The molecule has 1 aliphatic rings. The summed E-state index contributed by atoms with van der Waals surface area (Å²) in [6, 6.07) is 14.7. The van der Waals surface area contributed by atoms with Crippen LogP contribution in [0.15, 0.2) is 46.9 Å². The van der Waals surface area contributed by atoms with Gasteiger partial charge < -0.3 is 14.0 Å². The molecule has 1 aromatic heterocycles. The average Bonchev–Trinajstić information content (AvgIpc) is 3.45. The number of carbonyl (C=O) groups is 1. The SMILES string of the molecule is CCOC(=O)[C@@H]1C[C@H]1Cc1c(C)n(Cc2ccc(Br)cc2)c2ccc(OC)cc12. The van der Waals surface area contributed by atoms with Crippen LogP contribution in [0.25, 0.3) is 10.9 Å². The molecular formula is C24H26BrNO3. The molecule has 1 fully saturated rings. The van der Waals surface area contributed by atoms with E-state index in [9.17, 15) is 4.79 Å². The van der Waals surface area contributed by atoms with E-state index in [0.29, 0.717) is 12.5 Å². The number of aromatic nitrogens is 1. The van der Waals surface area contributed by atoms with Gasteiger partial charge in [0, 0.05) is 27.6 Å². The zero-order chi connectivity index (χ0) is 20.5. The van der Waals surface area contributed by atoms with Crippen LogP contribution in [0.3, 0.4) is 0 Å². The highest BCUT2D eigenvalue weighted by molar-refractivity contribution is 9.10. The molecule has 0 aliphatic heterocycles. The van der Waals surface area contributed by atoms with Gasteiger partial charge in [0.25, 0.3) is 0 Å². The first-order valence-corrected chi connectivity index (χ1v) is 10.9. The summed E-state index contributed by atoms with van der Waals surface area (Å²) in [5, 5.41) is 1.22. The summed E-state index contributed by atoms with van der Waals surface area (Å²) in [6.45, 7) is 5.31. The maximum absolute atomic E-state index is 12.1. The fourth-order valence-electron chi connectivity index (χ4n) is 4.16. The van der Waals surface area contributed by atoms with Crippen molar-refractivity contribution < 1.29 is 14.3 Å². The van der Waals surface area contributed by atoms with Gasteiger partial charge in [-0.3, -0.25) is 4.79 Å². The quantitative estimate of drug-likeness (QED) is 0.440. The highest BCUT2D eigenvalue weighted by Gasteiger charge is 2.44. The van der Waals surface area contributed by atoms with Crippen molar-refractivity contribution in [3.63, 3.8) is 0 Å². The number of hydrogen-bond acceptors (Lipinski definition) is 3. The van der Waals surface area contributed by atoms with Crippen molar-refractivity contribution in [1.82, 2.24) is 4.57 Å². The molecule has 2 atom stereocenters. The molecule has 1 saturated carbocycles. The van der Waals surface area contributed by atoms with Gasteiger partial charge >= 0.3 is 5.97 Å². The number of rotatable bonds is 7. The highest BCUT2D eigenvalue weighted by atomic mass is 79.9. The van der Waals surface area contributed by atoms with Crippen LogP contribution in [-0.2, 0) is 22.5 Å². The Balaban J connectivity index is 1.68. The lowest BCUT2D eigenvalue weighted by molar-refractivity contribution is -0.145. The van der Waals surface area contributed by atoms with E-state index in [1.54, 1.807) is 7.11 Å². The van der Waals surface area contributed by atoms with Gasteiger partial charge in [0.05, 0.1) is 19.6 Å². The second kappa shape index (κ2) is 8.23. The minimum absolute atomic E-state index is 0.0461. The van der Waals surface area contributed by atoms with E-state index in [2.05, 4.69) is 63.8 Å². The Kier molecular flexibility index (Phi) is 5.68. The van der Waals surface area contributed by atoms with Crippen molar-refractivity contribution in [2.75, 3.05) is 13.7 Å². The van der Waals surface area contributed by atoms with Crippen LogP contribution in [0.2, 0.25) is 0 Å². The molecule has 0 amide bonds. The van der Waals surface area contributed by atoms with E-state index in [-0.39, 0.29) is 11.9 Å². The summed E-state index contributed by atoms with van der Waals surface area (Å²) in [6.07, 6.45) is 1.81. The van der Waals surface area contributed by atoms with Crippen molar-refractivity contribution in [2.24, 2.45) is 11.8 Å². The molecule has 5 heteroatoms. The Morgan fingerprint density at radius 3 is 2.66 bits per heavy atom. The third-order valence-corrected chi connectivity index (χ3v) is 6.42. The molecule has 2 aromatic carbocycles. The van der Waals surface area contributed by atoms with Crippen molar-refractivity contribution in [2.45, 2.75) is 33.2 Å². The lowest BCUT2D eigenvalue weighted by Crippen LogP contribution is -2.08. The molecule has 0 radical (unpaired) electrons. The smallest absolute Gasteiger partial charge is 0.309 e. The zero-order valence-corrected chi connectivity index (χ0v) is 18.7. The van der Waals surface area contributed by atoms with Crippen molar-refractivity contribution in [1.29, 1.82) is 0 Å². The molecule has 0 unspecified atom stereocenters. The first kappa shape index (κ1) is 20.0. The van der Waals surface area contributed by atoms with Crippen LogP contribution < -0.4 is 4.74 Å². The van der Waals surface area contributed by atoms with Crippen LogP contribution in [0.4, 0.5) is 0 Å². The average molecular weight is 456 g/mol. The number of methoxy groups -OCH3 is 1. The summed E-state index contributed by atoms with van der Waals surface area (Å²) in [7, 11) is 1.70. The van der Waals surface area contributed by atoms with Gasteiger partial charge in [-0.1, -0.05) is 28.1 Å². The second-order valence-electron chi connectivity index (χ2n) is 7.72. The topological polar surface area (TPSA) is 40.5 Å². The molecule has 4 rings (SSSR count). The van der Waals surface area contributed by atoms with Gasteiger partial charge in [0.15, 0.2) is 0 Å². The fraction of sp³-hybridized carbons (Fsp3) is 0.375. The van der Waals surface area contributed by atoms with Crippen LogP contribution >= 0.6 is 15.9 Å². The van der Waals surface area contributed by atoms with E-state index in [1.165, 1.54) is 27.7 Å². The first-order valence-electron chi connectivity index (χ1n) is 10.1. The lowest BCUT2D eigenvalue weighted by atomic mass is 10.0. The molecule has 152 valence electrons. The third-order valence-electron chi connectivity index (χ3n) is 5.89.